The van der Waals surface area contributed by atoms with E-state index in [9.17, 15) is 14.4 Å². The smallest absolute Gasteiger partial charge is 0.325 e. The van der Waals surface area contributed by atoms with Crippen molar-refractivity contribution in [1.82, 2.24) is 10.2 Å². The Morgan fingerprint density at radius 3 is 2.07 bits per heavy atom. The van der Waals surface area contributed by atoms with E-state index < -0.39 is 11.9 Å². The highest BCUT2D eigenvalue weighted by Gasteiger charge is 2.29. The molecule has 0 saturated carbocycles. The molecule has 9 nitrogen and oxygen atoms in total. The molecule has 1 saturated heterocycles. The Bertz CT molecular complexity index is 746. The molecule has 1 fully saturated rings. The molecule has 2 amide bonds. The van der Waals surface area contributed by atoms with Gasteiger partial charge in [0.25, 0.3) is 11.8 Å². The molecule has 0 aromatic heterocycles. The normalized spacial score (nSPS) is 18.4. The van der Waals surface area contributed by atoms with E-state index in [1.54, 1.807) is 4.90 Å². The molecule has 2 atom stereocenters. The first kappa shape index (κ1) is 23.3. The third kappa shape index (κ3) is 5.55. The minimum Gasteiger partial charge on any atom is -0.493 e. The van der Waals surface area contributed by atoms with E-state index in [0.717, 1.165) is 19.3 Å². The summed E-state index contributed by atoms with van der Waals surface area (Å²) in [6.07, 6.45) is 2.96. The van der Waals surface area contributed by atoms with Crippen LogP contribution in [0.2, 0.25) is 0 Å². The SMILES string of the molecule is COc1cc(C(=O)NCC(=O)OCC(=O)N2[C@@H](C)CCC[C@@H]2C)cc(OC)c1OC. The largest absolute Gasteiger partial charge is 0.493 e. The van der Waals surface area contributed by atoms with Crippen molar-refractivity contribution in [2.24, 2.45) is 0 Å². The number of hydrogen-bond donors (Lipinski definition) is 1. The molecule has 0 spiro atoms. The Balaban J connectivity index is 1.90. The lowest BCUT2D eigenvalue weighted by Crippen LogP contribution is -2.49. The Morgan fingerprint density at radius 2 is 1.57 bits per heavy atom. The zero-order valence-electron chi connectivity index (χ0n) is 18.1. The van der Waals surface area contributed by atoms with E-state index in [1.165, 1.54) is 33.5 Å². The summed E-state index contributed by atoms with van der Waals surface area (Å²) in [5.41, 5.74) is 0.226. The van der Waals surface area contributed by atoms with Crippen LogP contribution >= 0.6 is 0 Å². The summed E-state index contributed by atoms with van der Waals surface area (Å²) >= 11 is 0. The topological polar surface area (TPSA) is 103 Å². The first-order valence-electron chi connectivity index (χ1n) is 9.87. The number of carbonyl (C=O) groups excluding carboxylic acids is 3. The second kappa shape index (κ2) is 10.7. The van der Waals surface area contributed by atoms with Gasteiger partial charge in [0, 0.05) is 17.6 Å². The van der Waals surface area contributed by atoms with Crippen molar-refractivity contribution in [3.05, 3.63) is 17.7 Å². The Kier molecular flexibility index (Phi) is 8.32. The molecule has 0 radical (unpaired) electrons. The van der Waals surface area contributed by atoms with Crippen molar-refractivity contribution in [2.45, 2.75) is 45.2 Å². The first-order chi connectivity index (χ1) is 14.3. The summed E-state index contributed by atoms with van der Waals surface area (Å²) in [6.45, 7) is 3.28. The minimum atomic E-state index is -0.693. The third-order valence-electron chi connectivity index (χ3n) is 5.16. The van der Waals surface area contributed by atoms with Gasteiger partial charge in [0.15, 0.2) is 18.1 Å². The van der Waals surface area contributed by atoms with Gasteiger partial charge in [0.05, 0.1) is 21.3 Å². The van der Waals surface area contributed by atoms with Crippen LogP contribution in [0, 0.1) is 0 Å². The monoisotopic (exact) mass is 422 g/mol. The second-order valence-corrected chi connectivity index (χ2v) is 7.19. The fraction of sp³-hybridized carbons (Fsp3) is 0.571. The van der Waals surface area contributed by atoms with Gasteiger partial charge in [-0.05, 0) is 45.2 Å². The molecule has 1 aliphatic heterocycles. The summed E-state index contributed by atoms with van der Waals surface area (Å²) < 4.78 is 20.7. The number of carbonyl (C=O) groups is 3. The predicted molar refractivity (Wildman–Crippen MR) is 109 cm³/mol. The maximum Gasteiger partial charge on any atom is 0.325 e. The third-order valence-corrected chi connectivity index (χ3v) is 5.16. The van der Waals surface area contributed by atoms with Crippen LogP contribution in [0.25, 0.3) is 0 Å². The van der Waals surface area contributed by atoms with Crippen LogP contribution < -0.4 is 19.5 Å². The maximum absolute atomic E-state index is 12.4. The van der Waals surface area contributed by atoms with Crippen LogP contribution in [0.1, 0.15) is 43.5 Å². The summed E-state index contributed by atoms with van der Waals surface area (Å²) in [5, 5.41) is 2.47. The molecule has 1 aromatic rings. The van der Waals surface area contributed by atoms with Crippen LogP contribution in [-0.2, 0) is 14.3 Å². The summed E-state index contributed by atoms with van der Waals surface area (Å²) in [4.78, 5) is 38.6. The Morgan fingerprint density at radius 1 is 1.00 bits per heavy atom. The molecule has 0 aliphatic carbocycles. The number of hydrogen-bond acceptors (Lipinski definition) is 7. The second-order valence-electron chi connectivity index (χ2n) is 7.19. The molecule has 1 N–H and O–H groups in total. The van der Waals surface area contributed by atoms with Crippen molar-refractivity contribution >= 4 is 17.8 Å². The van der Waals surface area contributed by atoms with Gasteiger partial charge in [-0.25, -0.2) is 0 Å². The van der Waals surface area contributed by atoms with Gasteiger partial charge in [-0.1, -0.05) is 0 Å². The Hall–Kier alpha value is -2.97. The van der Waals surface area contributed by atoms with Gasteiger partial charge in [0.2, 0.25) is 5.75 Å². The van der Waals surface area contributed by atoms with Crippen LogP contribution in [0.3, 0.4) is 0 Å². The van der Waals surface area contributed by atoms with Crippen LogP contribution in [-0.4, -0.2) is 69.2 Å². The molecule has 1 aliphatic rings. The lowest BCUT2D eigenvalue weighted by molar-refractivity contribution is -0.154. The average molecular weight is 422 g/mol. The fourth-order valence-electron chi connectivity index (χ4n) is 3.65. The summed E-state index contributed by atoms with van der Waals surface area (Å²) in [6, 6.07) is 3.20. The molecule has 1 heterocycles. The lowest BCUT2D eigenvalue weighted by Gasteiger charge is -2.38. The summed E-state index contributed by atoms with van der Waals surface area (Å²) in [7, 11) is 4.34. The number of piperidine rings is 1. The zero-order valence-corrected chi connectivity index (χ0v) is 18.1. The average Bonchev–Trinajstić information content (AvgIpc) is 2.74. The van der Waals surface area contributed by atoms with Gasteiger partial charge in [-0.2, -0.15) is 0 Å². The number of likely N-dealkylation sites (tertiary alicyclic amines) is 1. The van der Waals surface area contributed by atoms with Crippen molar-refractivity contribution < 1.29 is 33.3 Å². The quantitative estimate of drug-likeness (QED) is 0.637. The van der Waals surface area contributed by atoms with E-state index in [4.69, 9.17) is 18.9 Å². The van der Waals surface area contributed by atoms with Gasteiger partial charge >= 0.3 is 5.97 Å². The van der Waals surface area contributed by atoms with E-state index >= 15 is 0 Å². The van der Waals surface area contributed by atoms with Crippen molar-refractivity contribution in [3.8, 4) is 17.2 Å². The Labute approximate surface area is 176 Å². The number of nitrogens with one attached hydrogen (secondary N) is 1. The lowest BCUT2D eigenvalue weighted by atomic mass is 9.97. The highest BCUT2D eigenvalue weighted by Crippen LogP contribution is 2.38. The van der Waals surface area contributed by atoms with Gasteiger partial charge in [0.1, 0.15) is 6.54 Å². The number of amides is 2. The molecular weight excluding hydrogens is 392 g/mol. The summed E-state index contributed by atoms with van der Waals surface area (Å²) in [5.74, 6) is -0.438. The van der Waals surface area contributed by atoms with E-state index in [-0.39, 0.29) is 36.7 Å². The molecule has 9 heteroatoms. The van der Waals surface area contributed by atoms with Crippen LogP contribution in [0.4, 0.5) is 0 Å². The van der Waals surface area contributed by atoms with Crippen LogP contribution in [0.5, 0.6) is 17.2 Å². The molecule has 30 heavy (non-hydrogen) atoms. The first-order valence-corrected chi connectivity index (χ1v) is 9.87. The van der Waals surface area contributed by atoms with Crippen LogP contribution in [0.15, 0.2) is 12.1 Å². The van der Waals surface area contributed by atoms with Crippen molar-refractivity contribution in [1.29, 1.82) is 0 Å². The molecule has 1 aromatic carbocycles. The highest BCUT2D eigenvalue weighted by atomic mass is 16.5. The van der Waals surface area contributed by atoms with E-state index in [2.05, 4.69) is 5.32 Å². The molecule has 166 valence electrons. The number of esters is 1. The fourth-order valence-corrected chi connectivity index (χ4v) is 3.65. The maximum atomic E-state index is 12.4. The van der Waals surface area contributed by atoms with Gasteiger partial charge in [-0.15, -0.1) is 0 Å². The highest BCUT2D eigenvalue weighted by molar-refractivity contribution is 5.97. The minimum absolute atomic E-state index is 0.125. The van der Waals surface area contributed by atoms with Gasteiger partial charge < -0.3 is 29.2 Å². The van der Waals surface area contributed by atoms with Crippen molar-refractivity contribution in [3.63, 3.8) is 0 Å². The molecule has 0 bridgehead atoms. The van der Waals surface area contributed by atoms with E-state index in [1.807, 2.05) is 13.8 Å². The zero-order chi connectivity index (χ0) is 22.3. The standard InChI is InChI=1S/C21H30N2O7/c1-13-7-6-8-14(2)23(13)18(24)12-30-19(25)11-22-21(26)15-9-16(27-3)20(29-5)17(10-15)28-4/h9-10,13-14H,6-8,11-12H2,1-5H3,(H,22,26)/t13-,14-/m0/s1. The molecular formula is C21H30N2O7. The molecule has 0 unspecified atom stereocenters. The molecule has 2 rings (SSSR count). The van der Waals surface area contributed by atoms with Gasteiger partial charge in [-0.3, -0.25) is 14.4 Å². The van der Waals surface area contributed by atoms with Crippen molar-refractivity contribution in [2.75, 3.05) is 34.5 Å². The number of ether oxygens (including phenoxy) is 4. The van der Waals surface area contributed by atoms with E-state index in [0.29, 0.717) is 17.2 Å². The number of benzene rings is 1. The number of nitrogens with zero attached hydrogens (tertiary/aromatic N) is 1. The predicted octanol–water partition coefficient (Wildman–Crippen LogP) is 1.77. The number of rotatable bonds is 8. The number of methoxy groups -OCH3 is 3.